The quantitative estimate of drug-likeness (QED) is 0.814. The van der Waals surface area contributed by atoms with Crippen molar-refractivity contribution < 1.29 is 5.11 Å². The molecule has 3 unspecified atom stereocenters. The van der Waals surface area contributed by atoms with Crippen LogP contribution in [-0.4, -0.2) is 11.2 Å². The number of hydrogen-bond donors (Lipinski definition) is 1. The maximum Gasteiger partial charge on any atom is 0.0611 e. The molecule has 0 saturated heterocycles. The minimum atomic E-state index is -0.191. The fraction of sp³-hybridized carbons (Fsp3) is 0.500. The number of halogens is 1. The zero-order chi connectivity index (χ0) is 10.1. The van der Waals surface area contributed by atoms with Crippen molar-refractivity contribution in [3.63, 3.8) is 0 Å². The number of hydrogen-bond acceptors (Lipinski definition) is 1. The van der Waals surface area contributed by atoms with E-state index in [1.165, 1.54) is 6.42 Å². The Morgan fingerprint density at radius 3 is 2.86 bits per heavy atom. The molecule has 1 aromatic carbocycles. The van der Waals surface area contributed by atoms with E-state index in [-0.39, 0.29) is 6.10 Å². The lowest BCUT2D eigenvalue weighted by Gasteiger charge is -2.09. The van der Waals surface area contributed by atoms with Gasteiger partial charge in [-0.1, -0.05) is 30.7 Å². The molecule has 14 heavy (non-hydrogen) atoms. The first kappa shape index (κ1) is 10.0. The first-order valence-electron chi connectivity index (χ1n) is 5.09. The third kappa shape index (κ3) is 2.28. The molecule has 1 aliphatic rings. The molecule has 1 saturated carbocycles. The Kier molecular flexibility index (Phi) is 2.80. The van der Waals surface area contributed by atoms with Gasteiger partial charge in [0.2, 0.25) is 0 Å². The molecule has 0 heterocycles. The van der Waals surface area contributed by atoms with Crippen molar-refractivity contribution in [3.05, 3.63) is 34.9 Å². The number of benzene rings is 1. The highest BCUT2D eigenvalue weighted by molar-refractivity contribution is 6.30. The highest BCUT2D eigenvalue weighted by Crippen LogP contribution is 2.41. The van der Waals surface area contributed by atoms with Crippen molar-refractivity contribution in [2.24, 2.45) is 11.8 Å². The molecule has 1 N–H and O–H groups in total. The van der Waals surface area contributed by atoms with Gasteiger partial charge in [0, 0.05) is 5.02 Å². The van der Waals surface area contributed by atoms with E-state index >= 15 is 0 Å². The molecule has 1 nitrogen and oxygen atoms in total. The molecule has 76 valence electrons. The lowest BCUT2D eigenvalue weighted by molar-refractivity contribution is 0.146. The molecular weight excluding hydrogens is 196 g/mol. The SMILES string of the molecule is CC1CC1C(O)Cc1cccc(Cl)c1. The van der Waals surface area contributed by atoms with Crippen molar-refractivity contribution in [3.8, 4) is 0 Å². The van der Waals surface area contributed by atoms with Gasteiger partial charge in [-0.2, -0.15) is 0 Å². The Bertz CT molecular complexity index is 324. The van der Waals surface area contributed by atoms with Crippen LogP contribution in [0.25, 0.3) is 0 Å². The minimum Gasteiger partial charge on any atom is -0.392 e. The summed E-state index contributed by atoms with van der Waals surface area (Å²) < 4.78 is 0. The van der Waals surface area contributed by atoms with Gasteiger partial charge >= 0.3 is 0 Å². The van der Waals surface area contributed by atoms with Gasteiger partial charge in [-0.15, -0.1) is 0 Å². The predicted molar refractivity (Wildman–Crippen MR) is 58.4 cm³/mol. The van der Waals surface area contributed by atoms with Crippen molar-refractivity contribution >= 4 is 11.6 Å². The summed E-state index contributed by atoms with van der Waals surface area (Å²) in [6.07, 6.45) is 1.71. The van der Waals surface area contributed by atoms with Crippen molar-refractivity contribution in [2.75, 3.05) is 0 Å². The average molecular weight is 211 g/mol. The molecule has 3 atom stereocenters. The summed E-state index contributed by atoms with van der Waals surface area (Å²) in [5, 5.41) is 10.6. The Labute approximate surface area is 89.7 Å². The van der Waals surface area contributed by atoms with Crippen molar-refractivity contribution in [1.82, 2.24) is 0 Å². The predicted octanol–water partition coefficient (Wildman–Crippen LogP) is 2.90. The first-order chi connectivity index (χ1) is 6.66. The van der Waals surface area contributed by atoms with Gasteiger partial charge in [0.25, 0.3) is 0 Å². The van der Waals surface area contributed by atoms with E-state index < -0.39 is 0 Å². The summed E-state index contributed by atoms with van der Waals surface area (Å²) in [6.45, 7) is 2.19. The second kappa shape index (κ2) is 3.92. The van der Waals surface area contributed by atoms with Gasteiger partial charge in [0.05, 0.1) is 6.10 Å². The first-order valence-corrected chi connectivity index (χ1v) is 5.47. The molecule has 1 fully saturated rings. The smallest absolute Gasteiger partial charge is 0.0611 e. The Morgan fingerprint density at radius 2 is 2.29 bits per heavy atom. The van der Waals surface area contributed by atoms with Crippen molar-refractivity contribution in [1.29, 1.82) is 0 Å². The third-order valence-electron chi connectivity index (χ3n) is 3.00. The zero-order valence-corrected chi connectivity index (χ0v) is 9.04. The van der Waals surface area contributed by atoms with Gasteiger partial charge in [-0.25, -0.2) is 0 Å². The van der Waals surface area contributed by atoms with Gasteiger partial charge in [-0.3, -0.25) is 0 Å². The van der Waals surface area contributed by atoms with Crippen LogP contribution in [0, 0.1) is 11.8 Å². The Hall–Kier alpha value is -0.530. The summed E-state index contributed by atoms with van der Waals surface area (Å²) in [7, 11) is 0. The lowest BCUT2D eigenvalue weighted by atomic mass is 10.0. The second-order valence-corrected chi connectivity index (χ2v) is 4.71. The number of rotatable bonds is 3. The zero-order valence-electron chi connectivity index (χ0n) is 8.28. The average Bonchev–Trinajstić information content (AvgIpc) is 2.82. The van der Waals surface area contributed by atoms with E-state index in [4.69, 9.17) is 11.6 Å². The van der Waals surface area contributed by atoms with E-state index in [0.29, 0.717) is 11.8 Å². The van der Waals surface area contributed by atoms with Crippen LogP contribution in [-0.2, 0) is 6.42 Å². The molecule has 0 radical (unpaired) electrons. The molecular formula is C12H15ClO. The van der Waals surface area contributed by atoms with Crippen molar-refractivity contribution in [2.45, 2.75) is 25.9 Å². The third-order valence-corrected chi connectivity index (χ3v) is 3.23. The maximum absolute atomic E-state index is 9.86. The molecule has 1 aromatic rings. The summed E-state index contributed by atoms with van der Waals surface area (Å²) in [6, 6.07) is 7.73. The molecule has 0 aromatic heterocycles. The fourth-order valence-corrected chi connectivity index (χ4v) is 2.16. The summed E-state index contributed by atoms with van der Waals surface area (Å²) in [4.78, 5) is 0. The summed E-state index contributed by atoms with van der Waals surface area (Å²) in [5.41, 5.74) is 1.13. The highest BCUT2D eigenvalue weighted by Gasteiger charge is 2.38. The molecule has 2 rings (SSSR count). The highest BCUT2D eigenvalue weighted by atomic mass is 35.5. The van der Waals surface area contributed by atoms with Gasteiger partial charge in [0.1, 0.15) is 0 Å². The molecule has 0 spiro atoms. The van der Waals surface area contributed by atoms with Gasteiger partial charge in [-0.05, 0) is 42.4 Å². The van der Waals surface area contributed by atoms with Crippen LogP contribution in [0.5, 0.6) is 0 Å². The van der Waals surface area contributed by atoms with Crippen LogP contribution < -0.4 is 0 Å². The second-order valence-electron chi connectivity index (χ2n) is 4.28. The maximum atomic E-state index is 9.86. The normalized spacial score (nSPS) is 27.4. The molecule has 0 bridgehead atoms. The monoisotopic (exact) mass is 210 g/mol. The molecule has 2 heteroatoms. The van der Waals surface area contributed by atoms with Crippen LogP contribution in [0.1, 0.15) is 18.9 Å². The largest absolute Gasteiger partial charge is 0.392 e. The lowest BCUT2D eigenvalue weighted by Crippen LogP contribution is -2.13. The van der Waals surface area contributed by atoms with Crippen LogP contribution in [0.2, 0.25) is 5.02 Å². The van der Waals surface area contributed by atoms with E-state index in [9.17, 15) is 5.11 Å². The number of aliphatic hydroxyl groups is 1. The minimum absolute atomic E-state index is 0.191. The van der Waals surface area contributed by atoms with E-state index in [1.807, 2.05) is 24.3 Å². The van der Waals surface area contributed by atoms with Gasteiger partial charge in [0.15, 0.2) is 0 Å². The van der Waals surface area contributed by atoms with Crippen LogP contribution in [0.15, 0.2) is 24.3 Å². The number of aliphatic hydroxyl groups excluding tert-OH is 1. The fourth-order valence-electron chi connectivity index (χ4n) is 1.94. The van der Waals surface area contributed by atoms with Gasteiger partial charge < -0.3 is 5.11 Å². The molecule has 0 amide bonds. The summed E-state index contributed by atoms with van der Waals surface area (Å²) in [5.74, 6) is 1.21. The van der Waals surface area contributed by atoms with Crippen LogP contribution in [0.3, 0.4) is 0 Å². The standard InChI is InChI=1S/C12H15ClO/c1-8-5-11(8)12(14)7-9-3-2-4-10(13)6-9/h2-4,6,8,11-12,14H,5,7H2,1H3. The Balaban J connectivity index is 1.96. The van der Waals surface area contributed by atoms with Crippen LogP contribution in [0.4, 0.5) is 0 Å². The Morgan fingerprint density at radius 1 is 1.57 bits per heavy atom. The van der Waals surface area contributed by atoms with E-state index in [1.54, 1.807) is 0 Å². The van der Waals surface area contributed by atoms with E-state index in [0.717, 1.165) is 17.0 Å². The topological polar surface area (TPSA) is 20.2 Å². The van der Waals surface area contributed by atoms with E-state index in [2.05, 4.69) is 6.92 Å². The molecule has 1 aliphatic carbocycles. The molecule has 0 aliphatic heterocycles. The summed E-state index contributed by atoms with van der Waals surface area (Å²) >= 11 is 5.87. The van der Waals surface area contributed by atoms with Crippen LogP contribution >= 0.6 is 11.6 Å².